The predicted molar refractivity (Wildman–Crippen MR) is 88.7 cm³/mol. The molecule has 7 heteroatoms. The van der Waals surface area contributed by atoms with Gasteiger partial charge in [0, 0.05) is 50.1 Å². The van der Waals surface area contributed by atoms with Gasteiger partial charge in [-0.3, -0.25) is 4.79 Å². The monoisotopic (exact) mass is 329 g/mol. The fourth-order valence-corrected chi connectivity index (χ4v) is 4.20. The topological polar surface area (TPSA) is 74.0 Å². The van der Waals surface area contributed by atoms with Gasteiger partial charge in [-0.15, -0.1) is 0 Å². The summed E-state index contributed by atoms with van der Waals surface area (Å²) in [5, 5.41) is 14.9. The number of amides is 1. The second-order valence-corrected chi connectivity index (χ2v) is 7.19. The first-order valence-electron chi connectivity index (χ1n) is 8.54. The number of piperidine rings is 2. The van der Waals surface area contributed by atoms with Gasteiger partial charge in [0.1, 0.15) is 0 Å². The van der Waals surface area contributed by atoms with Crippen LogP contribution < -0.4 is 0 Å². The third kappa shape index (κ3) is 2.57. The Morgan fingerprint density at radius 3 is 3.08 bits per heavy atom. The van der Waals surface area contributed by atoms with Crippen molar-refractivity contribution in [3.63, 3.8) is 0 Å². The third-order valence-electron chi connectivity index (χ3n) is 5.43. The molecule has 0 unspecified atom stereocenters. The van der Waals surface area contributed by atoms with Gasteiger partial charge in [-0.2, -0.15) is 5.10 Å². The Kier molecular flexibility index (Phi) is 3.77. The molecule has 7 nitrogen and oxygen atoms in total. The Labute approximate surface area is 140 Å². The zero-order valence-corrected chi connectivity index (χ0v) is 13.9. The second kappa shape index (κ2) is 5.82. The first kappa shape index (κ1) is 15.5. The van der Waals surface area contributed by atoms with Crippen LogP contribution in [-0.4, -0.2) is 74.7 Å². The number of aliphatic hydroxyl groups is 1. The van der Waals surface area contributed by atoms with E-state index in [1.165, 1.54) is 0 Å². The van der Waals surface area contributed by atoms with Crippen molar-refractivity contribution in [2.75, 3.05) is 33.2 Å². The molecule has 0 bridgehead atoms. The van der Waals surface area contributed by atoms with Crippen LogP contribution in [0.25, 0.3) is 5.65 Å². The average Bonchev–Trinajstić information content (AvgIpc) is 3.02. The van der Waals surface area contributed by atoms with Gasteiger partial charge in [0.25, 0.3) is 5.91 Å². The molecule has 2 aromatic rings. The van der Waals surface area contributed by atoms with E-state index in [-0.39, 0.29) is 17.4 Å². The minimum Gasteiger partial charge on any atom is -0.392 e. The van der Waals surface area contributed by atoms with Crippen molar-refractivity contribution >= 4 is 11.6 Å². The van der Waals surface area contributed by atoms with E-state index in [1.54, 1.807) is 29.0 Å². The Morgan fingerprint density at radius 2 is 2.25 bits per heavy atom. The highest BCUT2D eigenvalue weighted by Crippen LogP contribution is 2.38. The number of hydrogen-bond donors (Lipinski definition) is 1. The molecule has 0 aliphatic carbocycles. The van der Waals surface area contributed by atoms with Crippen molar-refractivity contribution < 1.29 is 9.90 Å². The minimum absolute atomic E-state index is 0.0694. The zero-order valence-electron chi connectivity index (χ0n) is 13.9. The van der Waals surface area contributed by atoms with Crippen LogP contribution in [0.1, 0.15) is 29.8 Å². The molecule has 2 fully saturated rings. The molecule has 2 aliphatic heterocycles. The van der Waals surface area contributed by atoms with Gasteiger partial charge in [0.2, 0.25) is 0 Å². The van der Waals surface area contributed by atoms with Crippen molar-refractivity contribution in [2.45, 2.75) is 25.4 Å². The van der Waals surface area contributed by atoms with Crippen LogP contribution in [0.4, 0.5) is 0 Å². The first-order chi connectivity index (χ1) is 11.6. The fourth-order valence-electron chi connectivity index (χ4n) is 4.20. The standard InChI is InChI=1S/C17H23N5O2/c1-20-9-4-14(23)17(11-20)5-2-7-21(12-17)16(24)13-10-15-18-6-3-8-22(15)19-13/h3,6,8,10,14,23H,2,4-5,7,9,11-12H2,1H3/t14-,17-/m0/s1. The first-order valence-corrected chi connectivity index (χ1v) is 8.54. The van der Waals surface area contributed by atoms with Gasteiger partial charge in [-0.25, -0.2) is 9.50 Å². The van der Waals surface area contributed by atoms with Crippen LogP contribution in [0.15, 0.2) is 24.5 Å². The second-order valence-electron chi connectivity index (χ2n) is 7.19. The van der Waals surface area contributed by atoms with Crippen LogP contribution in [0.3, 0.4) is 0 Å². The van der Waals surface area contributed by atoms with Crippen molar-refractivity contribution in [1.82, 2.24) is 24.4 Å². The molecule has 4 heterocycles. The van der Waals surface area contributed by atoms with Crippen molar-refractivity contribution in [1.29, 1.82) is 0 Å². The number of aliphatic hydroxyl groups excluding tert-OH is 1. The lowest BCUT2D eigenvalue weighted by Gasteiger charge is -2.50. The maximum Gasteiger partial charge on any atom is 0.274 e. The molecule has 1 N–H and O–H groups in total. The van der Waals surface area contributed by atoms with E-state index in [4.69, 9.17) is 0 Å². The molecule has 2 aliphatic rings. The number of nitrogens with zero attached hydrogens (tertiary/aromatic N) is 5. The smallest absolute Gasteiger partial charge is 0.274 e. The van der Waals surface area contributed by atoms with Crippen LogP contribution in [0.2, 0.25) is 0 Å². The van der Waals surface area contributed by atoms with Crippen LogP contribution >= 0.6 is 0 Å². The maximum atomic E-state index is 12.9. The van der Waals surface area contributed by atoms with E-state index in [2.05, 4.69) is 22.0 Å². The zero-order chi connectivity index (χ0) is 16.7. The number of rotatable bonds is 1. The van der Waals surface area contributed by atoms with E-state index in [0.717, 1.165) is 38.9 Å². The normalized spacial score (nSPS) is 28.6. The summed E-state index contributed by atoms with van der Waals surface area (Å²) in [6, 6.07) is 3.52. The van der Waals surface area contributed by atoms with Crippen LogP contribution in [0, 0.1) is 5.41 Å². The summed E-state index contributed by atoms with van der Waals surface area (Å²) in [6.45, 7) is 3.07. The summed E-state index contributed by atoms with van der Waals surface area (Å²) in [6.07, 6.45) is 5.80. The molecule has 2 atom stereocenters. The molecule has 2 saturated heterocycles. The highest BCUT2D eigenvalue weighted by Gasteiger charge is 2.45. The molecule has 0 saturated carbocycles. The highest BCUT2D eigenvalue weighted by atomic mass is 16.3. The molecular weight excluding hydrogens is 306 g/mol. The van der Waals surface area contributed by atoms with Crippen LogP contribution in [0.5, 0.6) is 0 Å². The van der Waals surface area contributed by atoms with Crippen molar-refractivity contribution in [2.24, 2.45) is 5.41 Å². The summed E-state index contributed by atoms with van der Waals surface area (Å²) >= 11 is 0. The van der Waals surface area contributed by atoms with E-state index < -0.39 is 0 Å². The highest BCUT2D eigenvalue weighted by molar-refractivity contribution is 5.93. The fraction of sp³-hybridized carbons (Fsp3) is 0.588. The van der Waals surface area contributed by atoms with Crippen LogP contribution in [-0.2, 0) is 0 Å². The molecule has 0 radical (unpaired) electrons. The SMILES string of the molecule is CN1CC[C@H](O)[C@@]2(CCCN(C(=O)c3cc4ncccn4n3)C2)C1. The van der Waals surface area contributed by atoms with Crippen molar-refractivity contribution in [3.8, 4) is 0 Å². The lowest BCUT2D eigenvalue weighted by molar-refractivity contribution is -0.0731. The molecule has 0 aromatic carbocycles. The summed E-state index contributed by atoms with van der Waals surface area (Å²) in [5.41, 5.74) is 0.882. The largest absolute Gasteiger partial charge is 0.392 e. The van der Waals surface area contributed by atoms with Gasteiger partial charge < -0.3 is 14.9 Å². The molecule has 1 amide bonds. The number of aromatic nitrogens is 3. The van der Waals surface area contributed by atoms with Crippen molar-refractivity contribution in [3.05, 3.63) is 30.2 Å². The van der Waals surface area contributed by atoms with Gasteiger partial charge in [-0.1, -0.05) is 0 Å². The number of fused-ring (bicyclic) bond motifs is 1. The molecule has 128 valence electrons. The molecule has 24 heavy (non-hydrogen) atoms. The predicted octanol–water partition coefficient (Wildman–Crippen LogP) is 0.648. The molecule has 1 spiro atoms. The quantitative estimate of drug-likeness (QED) is 0.831. The summed E-state index contributed by atoms with van der Waals surface area (Å²) in [7, 11) is 2.09. The third-order valence-corrected chi connectivity index (χ3v) is 5.43. The minimum atomic E-state index is -0.341. The van der Waals surface area contributed by atoms with E-state index in [9.17, 15) is 9.90 Å². The molecule has 2 aromatic heterocycles. The van der Waals surface area contributed by atoms with Gasteiger partial charge in [0.05, 0.1) is 6.10 Å². The number of carbonyl (C=O) groups excluding carboxylic acids is 1. The maximum absolute atomic E-state index is 12.9. The summed E-state index contributed by atoms with van der Waals surface area (Å²) < 4.78 is 1.62. The van der Waals surface area contributed by atoms with Gasteiger partial charge in [0.15, 0.2) is 11.3 Å². The van der Waals surface area contributed by atoms with E-state index in [0.29, 0.717) is 17.9 Å². The molecule has 4 rings (SSSR count). The lowest BCUT2D eigenvalue weighted by atomic mass is 9.71. The average molecular weight is 329 g/mol. The Hall–Kier alpha value is -1.99. The summed E-state index contributed by atoms with van der Waals surface area (Å²) in [4.78, 5) is 21.2. The Bertz CT molecular complexity index is 727. The van der Waals surface area contributed by atoms with Gasteiger partial charge in [-0.05, 0) is 32.4 Å². The Morgan fingerprint density at radius 1 is 1.38 bits per heavy atom. The van der Waals surface area contributed by atoms with Gasteiger partial charge >= 0.3 is 0 Å². The number of likely N-dealkylation sites (tertiary alicyclic amines) is 2. The lowest BCUT2D eigenvalue weighted by Crippen LogP contribution is -2.59. The summed E-state index contributed by atoms with van der Waals surface area (Å²) in [5.74, 6) is -0.0694. The van der Waals surface area contributed by atoms with E-state index in [1.807, 2.05) is 4.90 Å². The van der Waals surface area contributed by atoms with E-state index >= 15 is 0 Å². The molecular formula is C17H23N5O2. The number of hydrogen-bond acceptors (Lipinski definition) is 5. The number of carbonyl (C=O) groups is 1. The Balaban J connectivity index is 1.58.